The van der Waals surface area contributed by atoms with E-state index in [9.17, 15) is 9.59 Å². The molecule has 0 atom stereocenters. The first kappa shape index (κ1) is 11.7. The summed E-state index contributed by atoms with van der Waals surface area (Å²) in [5.74, 6) is 0.431. The number of carbonyl (C=O) groups is 2. The highest BCUT2D eigenvalue weighted by Crippen LogP contribution is 2.18. The van der Waals surface area contributed by atoms with Crippen LogP contribution in [0.4, 0.5) is 0 Å². The van der Waals surface area contributed by atoms with Gasteiger partial charge < -0.3 is 15.1 Å². The molecule has 17 heavy (non-hydrogen) atoms. The molecule has 92 valence electrons. The minimum Gasteiger partial charge on any atom is -0.466 e. The molecule has 2 N–H and O–H groups in total. The van der Waals surface area contributed by atoms with E-state index < -0.39 is 11.8 Å². The molecule has 1 fully saturated rings. The molecule has 2 amide bonds. The van der Waals surface area contributed by atoms with E-state index in [2.05, 4.69) is 10.6 Å². The van der Waals surface area contributed by atoms with Gasteiger partial charge in [-0.2, -0.15) is 0 Å². The topological polar surface area (TPSA) is 71.3 Å². The van der Waals surface area contributed by atoms with Crippen LogP contribution in [0.2, 0.25) is 0 Å². The summed E-state index contributed by atoms with van der Waals surface area (Å²) < 4.78 is 5.33. The summed E-state index contributed by atoms with van der Waals surface area (Å²) in [6, 6.07) is 2.06. The highest BCUT2D eigenvalue weighted by atomic mass is 16.3. The lowest BCUT2D eigenvalue weighted by Crippen LogP contribution is -2.40. The number of nitrogens with one attached hydrogen (secondary N) is 2. The van der Waals surface area contributed by atoms with E-state index in [0.29, 0.717) is 6.54 Å². The number of aryl methyl sites for hydroxylation is 2. The summed E-state index contributed by atoms with van der Waals surface area (Å²) in [4.78, 5) is 22.8. The molecular weight excluding hydrogens is 220 g/mol. The molecule has 0 unspecified atom stereocenters. The van der Waals surface area contributed by atoms with Crippen LogP contribution in [0.25, 0.3) is 0 Å². The van der Waals surface area contributed by atoms with Gasteiger partial charge in [0.05, 0.1) is 0 Å². The second kappa shape index (κ2) is 4.61. The summed E-state index contributed by atoms with van der Waals surface area (Å²) >= 11 is 0. The fourth-order valence-corrected chi connectivity index (χ4v) is 1.59. The number of amides is 2. The second-order valence-corrected chi connectivity index (χ2v) is 4.37. The first-order chi connectivity index (χ1) is 8.06. The van der Waals surface area contributed by atoms with Gasteiger partial charge in [-0.05, 0) is 32.8 Å². The van der Waals surface area contributed by atoms with Crippen LogP contribution in [0.5, 0.6) is 0 Å². The van der Waals surface area contributed by atoms with Crippen molar-refractivity contribution in [2.45, 2.75) is 39.3 Å². The molecule has 1 aromatic heterocycles. The smallest absolute Gasteiger partial charge is 0.309 e. The summed E-state index contributed by atoms with van der Waals surface area (Å²) in [6.45, 7) is 4.00. The Morgan fingerprint density at radius 3 is 2.59 bits per heavy atom. The normalized spacial score (nSPS) is 14.5. The minimum atomic E-state index is -0.588. The number of hydrogen-bond donors (Lipinski definition) is 2. The molecule has 1 heterocycles. The highest BCUT2D eigenvalue weighted by molar-refractivity contribution is 6.35. The number of carbonyl (C=O) groups excluding carboxylic acids is 2. The molecule has 1 aromatic rings. The van der Waals surface area contributed by atoms with Crippen molar-refractivity contribution >= 4 is 11.8 Å². The van der Waals surface area contributed by atoms with Crippen molar-refractivity contribution in [3.8, 4) is 0 Å². The van der Waals surface area contributed by atoms with Gasteiger partial charge in [-0.1, -0.05) is 0 Å². The van der Waals surface area contributed by atoms with E-state index in [4.69, 9.17) is 4.42 Å². The molecule has 5 heteroatoms. The van der Waals surface area contributed by atoms with E-state index in [0.717, 1.165) is 29.9 Å². The summed E-state index contributed by atoms with van der Waals surface area (Å²) in [5.41, 5.74) is 0.898. The summed E-state index contributed by atoms with van der Waals surface area (Å²) in [6.07, 6.45) is 1.94. The van der Waals surface area contributed by atoms with E-state index >= 15 is 0 Å². The lowest BCUT2D eigenvalue weighted by molar-refractivity contribution is -0.139. The van der Waals surface area contributed by atoms with E-state index in [1.54, 1.807) is 0 Å². The van der Waals surface area contributed by atoms with Gasteiger partial charge in [-0.25, -0.2) is 0 Å². The Kier molecular flexibility index (Phi) is 3.17. The quantitative estimate of drug-likeness (QED) is 0.762. The minimum absolute atomic E-state index is 0.200. The molecule has 0 spiro atoms. The predicted molar refractivity (Wildman–Crippen MR) is 61.2 cm³/mol. The molecule has 5 nitrogen and oxygen atoms in total. The third-order valence-corrected chi connectivity index (χ3v) is 2.70. The van der Waals surface area contributed by atoms with Crippen molar-refractivity contribution in [3.05, 3.63) is 23.2 Å². The van der Waals surface area contributed by atoms with Crippen LogP contribution in [0.3, 0.4) is 0 Å². The van der Waals surface area contributed by atoms with Crippen LogP contribution in [0.1, 0.15) is 29.9 Å². The van der Waals surface area contributed by atoms with Gasteiger partial charge in [0, 0.05) is 18.2 Å². The first-order valence-corrected chi connectivity index (χ1v) is 5.71. The van der Waals surface area contributed by atoms with Crippen LogP contribution >= 0.6 is 0 Å². The van der Waals surface area contributed by atoms with Crippen LogP contribution in [0, 0.1) is 13.8 Å². The standard InChI is InChI=1S/C12H16N2O3/c1-7-5-9(8(2)17-7)6-13-11(15)12(16)14-10-3-4-10/h5,10H,3-4,6H2,1-2H3,(H,13,15)(H,14,16). The Labute approximate surface area is 99.6 Å². The van der Waals surface area contributed by atoms with Gasteiger partial charge >= 0.3 is 11.8 Å². The van der Waals surface area contributed by atoms with Gasteiger partial charge in [0.15, 0.2) is 0 Å². The average Bonchev–Trinajstić information content (AvgIpc) is 3.01. The van der Waals surface area contributed by atoms with Crippen LogP contribution in [0.15, 0.2) is 10.5 Å². The Morgan fingerprint density at radius 2 is 2.06 bits per heavy atom. The maximum Gasteiger partial charge on any atom is 0.309 e. The SMILES string of the molecule is Cc1cc(CNC(=O)C(=O)NC2CC2)c(C)o1. The summed E-state index contributed by atoms with van der Waals surface area (Å²) in [7, 11) is 0. The Morgan fingerprint density at radius 1 is 1.35 bits per heavy atom. The van der Waals surface area contributed by atoms with Gasteiger partial charge in [0.1, 0.15) is 11.5 Å². The van der Waals surface area contributed by atoms with Crippen molar-refractivity contribution < 1.29 is 14.0 Å². The largest absolute Gasteiger partial charge is 0.466 e. The van der Waals surface area contributed by atoms with Crippen molar-refractivity contribution in [2.24, 2.45) is 0 Å². The zero-order valence-electron chi connectivity index (χ0n) is 10.0. The maximum absolute atomic E-state index is 11.4. The molecular formula is C12H16N2O3. The zero-order chi connectivity index (χ0) is 12.4. The average molecular weight is 236 g/mol. The van der Waals surface area contributed by atoms with E-state index in [1.165, 1.54) is 0 Å². The zero-order valence-corrected chi connectivity index (χ0v) is 10.0. The fourth-order valence-electron chi connectivity index (χ4n) is 1.59. The predicted octanol–water partition coefficient (Wildman–Crippen LogP) is 0.791. The molecule has 0 aromatic carbocycles. The number of furan rings is 1. The molecule has 2 rings (SSSR count). The van der Waals surface area contributed by atoms with Crippen LogP contribution in [-0.2, 0) is 16.1 Å². The third kappa shape index (κ3) is 3.09. The van der Waals surface area contributed by atoms with Crippen molar-refractivity contribution in [3.63, 3.8) is 0 Å². The lowest BCUT2D eigenvalue weighted by Gasteiger charge is -2.04. The Bertz CT molecular complexity index is 447. The second-order valence-electron chi connectivity index (χ2n) is 4.37. The van der Waals surface area contributed by atoms with Gasteiger partial charge in [-0.3, -0.25) is 9.59 Å². The molecule has 0 saturated heterocycles. The molecule has 0 radical (unpaired) electrons. The monoisotopic (exact) mass is 236 g/mol. The Hall–Kier alpha value is -1.78. The maximum atomic E-state index is 11.4. The first-order valence-electron chi connectivity index (χ1n) is 5.71. The highest BCUT2D eigenvalue weighted by Gasteiger charge is 2.26. The van der Waals surface area contributed by atoms with Crippen LogP contribution < -0.4 is 10.6 Å². The fraction of sp³-hybridized carbons (Fsp3) is 0.500. The molecule has 0 aliphatic heterocycles. The third-order valence-electron chi connectivity index (χ3n) is 2.70. The summed E-state index contributed by atoms with van der Waals surface area (Å²) in [5, 5.41) is 5.21. The van der Waals surface area contributed by atoms with Gasteiger partial charge in [-0.15, -0.1) is 0 Å². The van der Waals surface area contributed by atoms with E-state index in [-0.39, 0.29) is 6.04 Å². The van der Waals surface area contributed by atoms with Crippen molar-refractivity contribution in [1.82, 2.24) is 10.6 Å². The van der Waals surface area contributed by atoms with Crippen molar-refractivity contribution in [1.29, 1.82) is 0 Å². The van der Waals surface area contributed by atoms with Crippen LogP contribution in [-0.4, -0.2) is 17.9 Å². The van der Waals surface area contributed by atoms with E-state index in [1.807, 2.05) is 19.9 Å². The van der Waals surface area contributed by atoms with Crippen molar-refractivity contribution in [2.75, 3.05) is 0 Å². The molecule has 0 bridgehead atoms. The van der Waals surface area contributed by atoms with Gasteiger partial charge in [0.2, 0.25) is 0 Å². The van der Waals surface area contributed by atoms with Gasteiger partial charge in [0.25, 0.3) is 0 Å². The lowest BCUT2D eigenvalue weighted by atomic mass is 10.2. The molecule has 1 saturated carbocycles. The molecule has 1 aliphatic rings. The molecule has 1 aliphatic carbocycles. The Balaban J connectivity index is 1.82. The number of rotatable bonds is 3. The number of hydrogen-bond acceptors (Lipinski definition) is 3.